The van der Waals surface area contributed by atoms with Crippen LogP contribution in [0.25, 0.3) is 0 Å². The molecule has 0 spiro atoms. The van der Waals surface area contributed by atoms with Crippen LogP contribution in [0, 0.1) is 5.82 Å². The fourth-order valence-corrected chi connectivity index (χ4v) is 3.00. The molecule has 4 heteroatoms. The monoisotopic (exact) mass is 304 g/mol. The van der Waals surface area contributed by atoms with Crippen LogP contribution in [-0.2, 0) is 5.54 Å². The van der Waals surface area contributed by atoms with E-state index in [4.69, 9.17) is 11.6 Å². The molecular weight excluding hydrogens is 287 g/mol. The summed E-state index contributed by atoms with van der Waals surface area (Å²) in [7, 11) is 0. The average molecular weight is 305 g/mol. The minimum absolute atomic E-state index is 0.143. The Morgan fingerprint density at radius 1 is 1.19 bits per heavy atom. The van der Waals surface area contributed by atoms with Crippen molar-refractivity contribution in [1.29, 1.82) is 0 Å². The highest BCUT2D eigenvalue weighted by Gasteiger charge is 2.32. The SMILES string of the molecule is CC1(c2ccccc2)CN(c2ccc(Cl)c(F)c2)CCN1. The number of hydrogen-bond donors (Lipinski definition) is 1. The maximum absolute atomic E-state index is 13.7. The second-order valence-corrected chi connectivity index (χ2v) is 6.05. The lowest BCUT2D eigenvalue weighted by atomic mass is 9.89. The molecule has 1 aliphatic heterocycles. The van der Waals surface area contributed by atoms with E-state index in [1.165, 1.54) is 11.6 Å². The fourth-order valence-electron chi connectivity index (χ4n) is 2.88. The standard InChI is InChI=1S/C17H18ClFN2/c1-17(13-5-3-2-4-6-13)12-21(10-9-20-17)14-7-8-15(18)16(19)11-14/h2-8,11,20H,9-10,12H2,1H3. The van der Waals surface area contributed by atoms with E-state index in [0.29, 0.717) is 0 Å². The molecule has 0 aromatic heterocycles. The molecule has 1 unspecified atom stereocenters. The maximum atomic E-state index is 13.7. The van der Waals surface area contributed by atoms with Crippen LogP contribution in [0.15, 0.2) is 48.5 Å². The Labute approximate surface area is 129 Å². The zero-order chi connectivity index (χ0) is 14.9. The molecule has 0 radical (unpaired) electrons. The molecular formula is C17H18ClFN2. The lowest BCUT2D eigenvalue weighted by Crippen LogP contribution is -2.56. The van der Waals surface area contributed by atoms with Gasteiger partial charge in [0, 0.05) is 25.3 Å². The van der Waals surface area contributed by atoms with E-state index in [9.17, 15) is 4.39 Å². The highest BCUT2D eigenvalue weighted by molar-refractivity contribution is 6.30. The summed E-state index contributed by atoms with van der Waals surface area (Å²) in [5.74, 6) is -0.367. The van der Waals surface area contributed by atoms with Crippen molar-refractivity contribution in [2.75, 3.05) is 24.5 Å². The van der Waals surface area contributed by atoms with Gasteiger partial charge in [-0.1, -0.05) is 41.9 Å². The molecule has 3 rings (SSSR count). The lowest BCUT2D eigenvalue weighted by Gasteiger charge is -2.43. The number of halogens is 2. The first-order valence-electron chi connectivity index (χ1n) is 7.09. The van der Waals surface area contributed by atoms with Gasteiger partial charge in [-0.3, -0.25) is 0 Å². The van der Waals surface area contributed by atoms with Crippen molar-refractivity contribution < 1.29 is 4.39 Å². The average Bonchev–Trinajstić information content (AvgIpc) is 2.51. The number of nitrogens with one attached hydrogen (secondary N) is 1. The molecule has 1 N–H and O–H groups in total. The van der Waals surface area contributed by atoms with Crippen LogP contribution in [0.3, 0.4) is 0 Å². The molecule has 2 nitrogen and oxygen atoms in total. The molecule has 0 aliphatic carbocycles. The van der Waals surface area contributed by atoms with Gasteiger partial charge in [0.05, 0.1) is 10.6 Å². The molecule has 0 saturated carbocycles. The number of rotatable bonds is 2. The summed E-state index contributed by atoms with van der Waals surface area (Å²) in [6, 6.07) is 15.4. The molecule has 1 fully saturated rings. The van der Waals surface area contributed by atoms with Crippen molar-refractivity contribution in [2.24, 2.45) is 0 Å². The third-order valence-electron chi connectivity index (χ3n) is 4.08. The minimum Gasteiger partial charge on any atom is -0.368 e. The summed E-state index contributed by atoms with van der Waals surface area (Å²) in [4.78, 5) is 2.20. The summed E-state index contributed by atoms with van der Waals surface area (Å²) in [6.07, 6.45) is 0. The van der Waals surface area contributed by atoms with Crippen molar-refractivity contribution in [1.82, 2.24) is 5.32 Å². The van der Waals surface area contributed by atoms with Gasteiger partial charge in [-0.25, -0.2) is 4.39 Å². The van der Waals surface area contributed by atoms with Crippen molar-refractivity contribution in [3.05, 3.63) is 64.9 Å². The number of piperazine rings is 1. The van der Waals surface area contributed by atoms with E-state index >= 15 is 0 Å². The molecule has 1 heterocycles. The Morgan fingerprint density at radius 2 is 1.95 bits per heavy atom. The Kier molecular flexibility index (Phi) is 3.87. The summed E-state index contributed by atoms with van der Waals surface area (Å²) in [5, 5.41) is 3.74. The molecule has 2 aromatic rings. The van der Waals surface area contributed by atoms with E-state index in [-0.39, 0.29) is 16.4 Å². The van der Waals surface area contributed by atoms with Gasteiger partial charge in [-0.05, 0) is 30.7 Å². The summed E-state index contributed by atoms with van der Waals surface area (Å²) in [5.41, 5.74) is 1.97. The minimum atomic E-state index is -0.367. The van der Waals surface area contributed by atoms with E-state index in [1.54, 1.807) is 6.07 Å². The highest BCUT2D eigenvalue weighted by atomic mass is 35.5. The zero-order valence-corrected chi connectivity index (χ0v) is 12.7. The van der Waals surface area contributed by atoms with Crippen molar-refractivity contribution in [3.8, 4) is 0 Å². The second kappa shape index (κ2) is 5.66. The third-order valence-corrected chi connectivity index (χ3v) is 4.39. The predicted octanol–water partition coefficient (Wildman–Crippen LogP) is 3.80. The first kappa shape index (κ1) is 14.4. The van der Waals surface area contributed by atoms with E-state index < -0.39 is 0 Å². The molecule has 21 heavy (non-hydrogen) atoms. The predicted molar refractivity (Wildman–Crippen MR) is 85.4 cm³/mol. The van der Waals surface area contributed by atoms with Gasteiger partial charge >= 0.3 is 0 Å². The third kappa shape index (κ3) is 2.89. The number of nitrogens with zero attached hydrogens (tertiary/aromatic N) is 1. The largest absolute Gasteiger partial charge is 0.368 e. The van der Waals surface area contributed by atoms with Crippen molar-refractivity contribution >= 4 is 17.3 Å². The Morgan fingerprint density at radius 3 is 2.67 bits per heavy atom. The van der Waals surface area contributed by atoms with Gasteiger partial charge in [0.25, 0.3) is 0 Å². The van der Waals surface area contributed by atoms with E-state index in [2.05, 4.69) is 29.3 Å². The van der Waals surface area contributed by atoms with Crippen LogP contribution in [0.2, 0.25) is 5.02 Å². The van der Waals surface area contributed by atoms with Gasteiger partial charge in [-0.2, -0.15) is 0 Å². The van der Waals surface area contributed by atoms with Gasteiger partial charge in [-0.15, -0.1) is 0 Å². The van der Waals surface area contributed by atoms with E-state index in [0.717, 1.165) is 25.3 Å². The highest BCUT2D eigenvalue weighted by Crippen LogP contribution is 2.29. The van der Waals surface area contributed by atoms with Crippen LogP contribution >= 0.6 is 11.6 Å². The topological polar surface area (TPSA) is 15.3 Å². The number of anilines is 1. The molecule has 0 bridgehead atoms. The normalized spacial score (nSPS) is 22.3. The summed E-state index contributed by atoms with van der Waals surface area (Å²) >= 11 is 5.77. The quantitative estimate of drug-likeness (QED) is 0.908. The number of benzene rings is 2. The number of hydrogen-bond acceptors (Lipinski definition) is 2. The maximum Gasteiger partial charge on any atom is 0.143 e. The van der Waals surface area contributed by atoms with E-state index in [1.807, 2.05) is 24.3 Å². The fraction of sp³-hybridized carbons (Fsp3) is 0.294. The first-order valence-corrected chi connectivity index (χ1v) is 7.47. The summed E-state index contributed by atoms with van der Waals surface area (Å²) in [6.45, 7) is 4.68. The summed E-state index contributed by atoms with van der Waals surface area (Å²) < 4.78 is 13.7. The lowest BCUT2D eigenvalue weighted by molar-refractivity contribution is 0.332. The van der Waals surface area contributed by atoms with Crippen LogP contribution < -0.4 is 10.2 Å². The van der Waals surface area contributed by atoms with Gasteiger partial charge in [0.2, 0.25) is 0 Å². The van der Waals surface area contributed by atoms with Crippen LogP contribution in [0.1, 0.15) is 12.5 Å². The van der Waals surface area contributed by atoms with Crippen LogP contribution in [-0.4, -0.2) is 19.6 Å². The van der Waals surface area contributed by atoms with Crippen LogP contribution in [0.4, 0.5) is 10.1 Å². The molecule has 110 valence electrons. The Hall–Kier alpha value is -1.58. The van der Waals surface area contributed by atoms with Crippen molar-refractivity contribution in [2.45, 2.75) is 12.5 Å². The van der Waals surface area contributed by atoms with Crippen molar-refractivity contribution in [3.63, 3.8) is 0 Å². The molecule has 0 amide bonds. The second-order valence-electron chi connectivity index (χ2n) is 5.64. The molecule has 1 saturated heterocycles. The zero-order valence-electron chi connectivity index (χ0n) is 11.9. The first-order chi connectivity index (χ1) is 10.1. The Bertz CT molecular complexity index is 632. The Balaban J connectivity index is 1.87. The molecule has 1 aliphatic rings. The van der Waals surface area contributed by atoms with Gasteiger partial charge in [0.1, 0.15) is 5.82 Å². The van der Waals surface area contributed by atoms with Crippen LogP contribution in [0.5, 0.6) is 0 Å². The smallest absolute Gasteiger partial charge is 0.143 e. The van der Waals surface area contributed by atoms with Gasteiger partial charge in [0.15, 0.2) is 0 Å². The molecule has 1 atom stereocenters. The molecule has 2 aromatic carbocycles. The van der Waals surface area contributed by atoms with Gasteiger partial charge < -0.3 is 10.2 Å².